The third kappa shape index (κ3) is 4.27. The Hall–Kier alpha value is -3.13. The highest BCUT2D eigenvalue weighted by molar-refractivity contribution is 7.13. The van der Waals surface area contributed by atoms with Crippen LogP contribution in [0.5, 0.6) is 0 Å². The monoisotopic (exact) mass is 463 g/mol. The van der Waals surface area contributed by atoms with Gasteiger partial charge < -0.3 is 10.2 Å². The molecular weight excluding hydrogens is 437 g/mol. The summed E-state index contributed by atoms with van der Waals surface area (Å²) in [5.41, 5.74) is 4.72. The number of carbonyl (C=O) groups is 1. The third-order valence-electron chi connectivity index (χ3n) is 6.53. The van der Waals surface area contributed by atoms with E-state index in [0.29, 0.717) is 42.0 Å². The number of alkyl halides is 1. The van der Waals surface area contributed by atoms with Gasteiger partial charge in [-0.1, -0.05) is 18.2 Å². The fraction of sp³-hybridized carbons (Fsp3) is 0.360. The van der Waals surface area contributed by atoms with E-state index in [1.165, 1.54) is 23.1 Å². The Bertz CT molecular complexity index is 1210. The standard InChI is InChI=1S/C25H26FN5OS/c1-14-4-6-19(24-30-15(2)13-33-24)23(29-14)25(32)31-12-21-16(3)20(21)8-18(31)11-28-22-7-5-17(9-26)10-27-22/h4-7,10,13,18,20-21H,3,8-9,11-12H2,1-2H3,(H,27,28). The van der Waals surface area contributed by atoms with E-state index in [2.05, 4.69) is 26.8 Å². The first kappa shape index (κ1) is 21.7. The molecule has 3 unspecified atom stereocenters. The Kier molecular flexibility index (Phi) is 5.70. The fourth-order valence-corrected chi connectivity index (χ4v) is 5.39. The molecule has 0 aromatic carbocycles. The molecule has 0 radical (unpaired) electrons. The summed E-state index contributed by atoms with van der Waals surface area (Å²) in [5, 5.41) is 6.12. The molecule has 1 saturated heterocycles. The number of nitrogens with zero attached hydrogens (tertiary/aromatic N) is 4. The average molecular weight is 464 g/mol. The SMILES string of the molecule is C=C1C2CC(CNc3ccc(CF)cn3)N(C(=O)c3nc(C)ccc3-c3nc(C)cs3)CC12. The molecule has 3 aromatic heterocycles. The minimum Gasteiger partial charge on any atom is -0.368 e. The molecule has 0 bridgehead atoms. The van der Waals surface area contributed by atoms with E-state index in [-0.39, 0.29) is 11.9 Å². The zero-order chi connectivity index (χ0) is 23.1. The second-order valence-electron chi connectivity index (χ2n) is 8.84. The van der Waals surface area contributed by atoms with Crippen molar-refractivity contribution in [3.05, 3.63) is 70.6 Å². The van der Waals surface area contributed by atoms with Crippen LogP contribution in [0, 0.1) is 25.7 Å². The van der Waals surface area contributed by atoms with Gasteiger partial charge in [-0.05, 0) is 44.4 Å². The van der Waals surface area contributed by atoms with Crippen molar-refractivity contribution in [2.24, 2.45) is 11.8 Å². The lowest BCUT2D eigenvalue weighted by molar-refractivity contribution is 0.0611. The Morgan fingerprint density at radius 2 is 2.06 bits per heavy atom. The predicted octanol–water partition coefficient (Wildman–Crippen LogP) is 4.82. The number of anilines is 1. The lowest BCUT2D eigenvalue weighted by Gasteiger charge is -2.35. The minimum atomic E-state index is -0.534. The molecule has 2 aliphatic rings. The van der Waals surface area contributed by atoms with Gasteiger partial charge in [0, 0.05) is 59.1 Å². The van der Waals surface area contributed by atoms with Crippen molar-refractivity contribution in [3.8, 4) is 10.6 Å². The van der Waals surface area contributed by atoms with Gasteiger partial charge in [0.2, 0.25) is 0 Å². The number of hydrogen-bond donors (Lipinski definition) is 1. The molecule has 2 fully saturated rings. The van der Waals surface area contributed by atoms with Crippen molar-refractivity contribution >= 4 is 23.1 Å². The van der Waals surface area contributed by atoms with Crippen LogP contribution in [0.25, 0.3) is 10.6 Å². The quantitative estimate of drug-likeness (QED) is 0.531. The Labute approximate surface area is 196 Å². The Balaban J connectivity index is 1.41. The number of thiazole rings is 1. The maximum Gasteiger partial charge on any atom is 0.273 e. The second-order valence-corrected chi connectivity index (χ2v) is 9.70. The molecule has 5 rings (SSSR count). The molecule has 3 atom stereocenters. The normalized spacial score (nSPS) is 21.6. The lowest BCUT2D eigenvalue weighted by atomic mass is 10.0. The van der Waals surface area contributed by atoms with Crippen molar-refractivity contribution in [2.75, 3.05) is 18.4 Å². The van der Waals surface area contributed by atoms with Crippen molar-refractivity contribution in [2.45, 2.75) is 33.0 Å². The molecule has 1 saturated carbocycles. The van der Waals surface area contributed by atoms with Gasteiger partial charge in [0.05, 0.1) is 0 Å². The van der Waals surface area contributed by atoms with Crippen LogP contribution in [0.15, 0.2) is 48.0 Å². The number of aryl methyl sites for hydroxylation is 2. The predicted molar refractivity (Wildman–Crippen MR) is 128 cm³/mol. The zero-order valence-electron chi connectivity index (χ0n) is 18.7. The van der Waals surface area contributed by atoms with Crippen molar-refractivity contribution in [1.82, 2.24) is 19.9 Å². The number of nitrogens with one attached hydrogen (secondary N) is 1. The molecule has 3 aromatic rings. The lowest BCUT2D eigenvalue weighted by Crippen LogP contribution is -2.48. The largest absolute Gasteiger partial charge is 0.368 e. The molecule has 6 nitrogen and oxygen atoms in total. The summed E-state index contributed by atoms with van der Waals surface area (Å²) in [7, 11) is 0. The number of pyridine rings is 2. The van der Waals surface area contributed by atoms with E-state index in [9.17, 15) is 9.18 Å². The molecule has 8 heteroatoms. The van der Waals surface area contributed by atoms with Gasteiger partial charge in [-0.3, -0.25) is 4.79 Å². The van der Waals surface area contributed by atoms with Crippen LogP contribution in [0.1, 0.15) is 33.9 Å². The summed E-state index contributed by atoms with van der Waals surface area (Å²) in [6, 6.07) is 7.34. The number of rotatable bonds is 6. The second kappa shape index (κ2) is 8.67. The summed E-state index contributed by atoms with van der Waals surface area (Å²) in [6.07, 6.45) is 2.40. The van der Waals surface area contributed by atoms with Gasteiger partial charge in [-0.25, -0.2) is 19.3 Å². The van der Waals surface area contributed by atoms with Crippen LogP contribution in [0.4, 0.5) is 10.2 Å². The number of piperidine rings is 1. The number of hydrogen-bond acceptors (Lipinski definition) is 6. The zero-order valence-corrected chi connectivity index (χ0v) is 19.5. The maximum absolute atomic E-state index is 13.9. The molecule has 4 heterocycles. The average Bonchev–Trinajstić information content (AvgIpc) is 3.24. The number of aromatic nitrogens is 3. The van der Waals surface area contributed by atoms with Crippen molar-refractivity contribution < 1.29 is 9.18 Å². The molecule has 1 amide bonds. The van der Waals surface area contributed by atoms with E-state index < -0.39 is 6.67 Å². The number of halogens is 1. The van der Waals surface area contributed by atoms with Crippen LogP contribution < -0.4 is 5.32 Å². The van der Waals surface area contributed by atoms with Crippen LogP contribution in [-0.2, 0) is 6.67 Å². The summed E-state index contributed by atoms with van der Waals surface area (Å²) < 4.78 is 12.8. The number of carbonyl (C=O) groups excluding carboxylic acids is 1. The van der Waals surface area contributed by atoms with E-state index in [1.54, 1.807) is 12.1 Å². The number of fused-ring (bicyclic) bond motifs is 1. The molecule has 1 aliphatic heterocycles. The molecule has 0 spiro atoms. The van der Waals surface area contributed by atoms with Crippen LogP contribution in [0.2, 0.25) is 0 Å². The maximum atomic E-state index is 13.9. The topological polar surface area (TPSA) is 71.0 Å². The van der Waals surface area contributed by atoms with Crippen molar-refractivity contribution in [3.63, 3.8) is 0 Å². The smallest absolute Gasteiger partial charge is 0.273 e. The van der Waals surface area contributed by atoms with Crippen LogP contribution in [0.3, 0.4) is 0 Å². The third-order valence-corrected chi connectivity index (χ3v) is 7.53. The molecule has 1 aliphatic carbocycles. The van der Waals surface area contributed by atoms with Gasteiger partial charge in [0.15, 0.2) is 0 Å². The van der Waals surface area contributed by atoms with Crippen molar-refractivity contribution in [1.29, 1.82) is 0 Å². The first-order valence-corrected chi connectivity index (χ1v) is 12.0. The first-order chi connectivity index (χ1) is 15.9. The van der Waals surface area contributed by atoms with Crippen LogP contribution in [-0.4, -0.2) is 44.9 Å². The Morgan fingerprint density at radius 1 is 1.21 bits per heavy atom. The minimum absolute atomic E-state index is 0.0196. The van der Waals surface area contributed by atoms with Gasteiger partial charge in [0.25, 0.3) is 5.91 Å². The molecule has 33 heavy (non-hydrogen) atoms. The molecular formula is C25H26FN5OS. The highest BCUT2D eigenvalue weighted by Gasteiger charge is 2.50. The number of amides is 1. The first-order valence-electron chi connectivity index (χ1n) is 11.1. The summed E-state index contributed by atoms with van der Waals surface area (Å²) in [6.45, 7) is 8.72. The summed E-state index contributed by atoms with van der Waals surface area (Å²) in [5.74, 6) is 1.42. The molecule has 1 N–H and O–H groups in total. The van der Waals surface area contributed by atoms with Gasteiger partial charge in [-0.15, -0.1) is 11.3 Å². The van der Waals surface area contributed by atoms with E-state index in [1.807, 2.05) is 36.3 Å². The summed E-state index contributed by atoms with van der Waals surface area (Å²) >= 11 is 1.52. The van der Waals surface area contributed by atoms with E-state index in [0.717, 1.165) is 28.4 Å². The number of likely N-dealkylation sites (tertiary alicyclic amines) is 1. The summed E-state index contributed by atoms with van der Waals surface area (Å²) in [4.78, 5) is 29.3. The molecule has 170 valence electrons. The van der Waals surface area contributed by atoms with Crippen LogP contribution >= 0.6 is 11.3 Å². The van der Waals surface area contributed by atoms with Gasteiger partial charge >= 0.3 is 0 Å². The highest BCUT2D eigenvalue weighted by Crippen LogP contribution is 2.51. The highest BCUT2D eigenvalue weighted by atomic mass is 32.1. The fourth-order valence-electron chi connectivity index (χ4n) is 4.57. The Morgan fingerprint density at radius 3 is 2.76 bits per heavy atom. The van der Waals surface area contributed by atoms with E-state index >= 15 is 0 Å². The van der Waals surface area contributed by atoms with Gasteiger partial charge in [-0.2, -0.15) is 0 Å². The van der Waals surface area contributed by atoms with Gasteiger partial charge in [0.1, 0.15) is 23.2 Å². The van der Waals surface area contributed by atoms with E-state index in [4.69, 9.17) is 0 Å².